The van der Waals surface area contributed by atoms with Crippen LogP contribution in [0.25, 0.3) is 0 Å². The summed E-state index contributed by atoms with van der Waals surface area (Å²) < 4.78 is 24.8. The van der Waals surface area contributed by atoms with E-state index < -0.39 is 17.9 Å². The topological polar surface area (TPSA) is 38.8 Å². The molecule has 4 nitrogen and oxygen atoms in total. The molecule has 1 saturated heterocycles. The number of hydrogen-bond acceptors (Lipinski definition) is 3. The highest BCUT2D eigenvalue weighted by Gasteiger charge is 2.37. The fraction of sp³-hybridized carbons (Fsp3) is 0.632. The van der Waals surface area contributed by atoms with Gasteiger partial charge in [-0.15, -0.1) is 0 Å². The van der Waals surface area contributed by atoms with E-state index in [1.54, 1.807) is 0 Å². The monoisotopic (exact) mass is 337 g/mol. The minimum atomic E-state index is -0.965. The van der Waals surface area contributed by atoms with Crippen LogP contribution in [0.1, 0.15) is 45.6 Å². The molecule has 2 rings (SSSR count). The highest BCUT2D eigenvalue weighted by Crippen LogP contribution is 2.26. The zero-order chi connectivity index (χ0) is 17.6. The predicted molar refractivity (Wildman–Crippen MR) is 91.6 cm³/mol. The number of likely N-dealkylation sites (tertiary alicyclic amines) is 1. The maximum Gasteiger partial charge on any atom is 0.410 e. The van der Waals surface area contributed by atoms with Crippen LogP contribution in [0.3, 0.4) is 0 Å². The zero-order valence-electron chi connectivity index (χ0n) is 14.8. The van der Waals surface area contributed by atoms with E-state index in [0.29, 0.717) is 19.6 Å². The van der Waals surface area contributed by atoms with Crippen molar-refractivity contribution in [2.45, 2.75) is 64.5 Å². The predicted octanol–water partition coefficient (Wildman–Crippen LogP) is 4.33. The molecule has 5 heteroatoms. The SMILES string of the molecule is CC(C)(C)OC(=O)N1C[C@H](F)CC1CCCOCc1ccccc1. The molecular formula is C19H28FNO3. The Morgan fingerprint density at radius 1 is 1.29 bits per heavy atom. The minimum Gasteiger partial charge on any atom is -0.444 e. The first kappa shape index (κ1) is 18.7. The third-order valence-electron chi connectivity index (χ3n) is 3.93. The molecule has 1 fully saturated rings. The zero-order valence-corrected chi connectivity index (χ0v) is 14.8. The van der Waals surface area contributed by atoms with Crippen LogP contribution in [0, 0.1) is 0 Å². The van der Waals surface area contributed by atoms with Gasteiger partial charge in [0.1, 0.15) is 11.8 Å². The summed E-state index contributed by atoms with van der Waals surface area (Å²) in [6.07, 6.45) is 0.529. The van der Waals surface area contributed by atoms with E-state index in [-0.39, 0.29) is 12.6 Å². The van der Waals surface area contributed by atoms with Crippen LogP contribution in [0.15, 0.2) is 30.3 Å². The Bertz CT molecular complexity index is 515. The largest absolute Gasteiger partial charge is 0.444 e. The summed E-state index contributed by atoms with van der Waals surface area (Å²) in [6.45, 7) is 6.77. The molecule has 0 bridgehead atoms. The number of carbonyl (C=O) groups excluding carboxylic acids is 1. The quantitative estimate of drug-likeness (QED) is 0.725. The lowest BCUT2D eigenvalue weighted by atomic mass is 10.1. The summed E-state index contributed by atoms with van der Waals surface area (Å²) >= 11 is 0. The van der Waals surface area contributed by atoms with Crippen molar-refractivity contribution in [1.82, 2.24) is 4.90 Å². The molecule has 0 aromatic heterocycles. The summed E-state index contributed by atoms with van der Waals surface area (Å²) in [5.74, 6) is 0. The number of ether oxygens (including phenoxy) is 2. The molecule has 1 heterocycles. The molecule has 1 aromatic carbocycles. The van der Waals surface area contributed by atoms with E-state index in [9.17, 15) is 9.18 Å². The second kappa shape index (κ2) is 8.47. The van der Waals surface area contributed by atoms with E-state index in [1.807, 2.05) is 51.1 Å². The van der Waals surface area contributed by atoms with Crippen LogP contribution >= 0.6 is 0 Å². The Morgan fingerprint density at radius 3 is 2.67 bits per heavy atom. The Kier molecular flexibility index (Phi) is 6.60. The van der Waals surface area contributed by atoms with Crippen molar-refractivity contribution in [3.05, 3.63) is 35.9 Å². The summed E-state index contributed by atoms with van der Waals surface area (Å²) in [7, 11) is 0. The van der Waals surface area contributed by atoms with Gasteiger partial charge in [0.25, 0.3) is 0 Å². The second-order valence-electron chi connectivity index (χ2n) is 7.30. The van der Waals surface area contributed by atoms with Crippen molar-refractivity contribution >= 4 is 6.09 Å². The number of benzene rings is 1. The lowest BCUT2D eigenvalue weighted by Crippen LogP contribution is -2.40. The number of halogens is 1. The molecule has 1 aromatic rings. The number of amides is 1. The Hall–Kier alpha value is -1.62. The first-order chi connectivity index (χ1) is 11.3. The van der Waals surface area contributed by atoms with E-state index in [2.05, 4.69) is 0 Å². The number of carbonyl (C=O) groups is 1. The summed E-state index contributed by atoms with van der Waals surface area (Å²) in [4.78, 5) is 13.7. The molecule has 134 valence electrons. The molecule has 0 radical (unpaired) electrons. The fourth-order valence-corrected chi connectivity index (χ4v) is 2.86. The smallest absolute Gasteiger partial charge is 0.410 e. The van der Waals surface area contributed by atoms with Gasteiger partial charge in [-0.2, -0.15) is 0 Å². The van der Waals surface area contributed by atoms with Gasteiger partial charge in [0.05, 0.1) is 13.2 Å². The maximum absolute atomic E-state index is 13.7. The Morgan fingerprint density at radius 2 is 2.00 bits per heavy atom. The maximum atomic E-state index is 13.7. The minimum absolute atomic E-state index is 0.102. The van der Waals surface area contributed by atoms with Gasteiger partial charge in [0.2, 0.25) is 0 Å². The molecule has 1 amide bonds. The highest BCUT2D eigenvalue weighted by atomic mass is 19.1. The van der Waals surface area contributed by atoms with Crippen LogP contribution in [0.4, 0.5) is 9.18 Å². The van der Waals surface area contributed by atoms with E-state index in [1.165, 1.54) is 4.90 Å². The number of alkyl halides is 1. The molecule has 1 unspecified atom stereocenters. The van der Waals surface area contributed by atoms with Gasteiger partial charge in [-0.25, -0.2) is 9.18 Å². The number of rotatable bonds is 6. The number of hydrogen-bond donors (Lipinski definition) is 0. The van der Waals surface area contributed by atoms with Crippen LogP contribution in [-0.2, 0) is 16.1 Å². The molecule has 0 aliphatic carbocycles. The molecule has 0 spiro atoms. The summed E-state index contributed by atoms with van der Waals surface area (Å²) in [5.41, 5.74) is 0.576. The van der Waals surface area contributed by atoms with Crippen molar-refractivity contribution in [3.63, 3.8) is 0 Å². The van der Waals surface area contributed by atoms with Crippen LogP contribution in [0.2, 0.25) is 0 Å². The Balaban J connectivity index is 1.72. The molecule has 0 N–H and O–H groups in total. The van der Waals surface area contributed by atoms with Crippen LogP contribution in [-0.4, -0.2) is 42.0 Å². The normalized spacial score (nSPS) is 21.1. The van der Waals surface area contributed by atoms with Gasteiger partial charge in [-0.3, -0.25) is 0 Å². The van der Waals surface area contributed by atoms with Gasteiger partial charge in [-0.05, 0) is 39.2 Å². The fourth-order valence-electron chi connectivity index (χ4n) is 2.86. The number of nitrogens with zero attached hydrogens (tertiary/aromatic N) is 1. The van der Waals surface area contributed by atoms with E-state index >= 15 is 0 Å². The van der Waals surface area contributed by atoms with E-state index in [4.69, 9.17) is 9.47 Å². The Labute approximate surface area is 143 Å². The lowest BCUT2D eigenvalue weighted by molar-refractivity contribution is 0.0202. The standard InChI is InChI=1S/C19H28FNO3/c1-19(2,3)24-18(22)21-13-16(20)12-17(21)10-7-11-23-14-15-8-5-4-6-9-15/h4-6,8-9,16-17H,7,10-14H2,1-3H3/t16-,17?/m1/s1. The first-order valence-corrected chi connectivity index (χ1v) is 8.60. The van der Waals surface area contributed by atoms with Crippen molar-refractivity contribution in [2.75, 3.05) is 13.2 Å². The highest BCUT2D eigenvalue weighted by molar-refractivity contribution is 5.69. The van der Waals surface area contributed by atoms with Crippen molar-refractivity contribution < 1.29 is 18.7 Å². The average Bonchev–Trinajstić information content (AvgIpc) is 2.87. The van der Waals surface area contributed by atoms with Gasteiger partial charge in [0, 0.05) is 19.1 Å². The molecule has 24 heavy (non-hydrogen) atoms. The van der Waals surface area contributed by atoms with Crippen molar-refractivity contribution in [1.29, 1.82) is 0 Å². The van der Waals surface area contributed by atoms with Crippen LogP contribution in [0.5, 0.6) is 0 Å². The summed E-state index contributed by atoms with van der Waals surface area (Å²) in [5, 5.41) is 0. The molecule has 1 aliphatic heterocycles. The molecule has 2 atom stereocenters. The average molecular weight is 337 g/mol. The van der Waals surface area contributed by atoms with Gasteiger partial charge >= 0.3 is 6.09 Å². The van der Waals surface area contributed by atoms with Crippen LogP contribution < -0.4 is 0 Å². The third kappa shape index (κ3) is 6.11. The third-order valence-corrected chi connectivity index (χ3v) is 3.93. The van der Waals surface area contributed by atoms with E-state index in [0.717, 1.165) is 18.4 Å². The second-order valence-corrected chi connectivity index (χ2v) is 7.30. The molecular weight excluding hydrogens is 309 g/mol. The first-order valence-electron chi connectivity index (χ1n) is 8.60. The van der Waals surface area contributed by atoms with Crippen molar-refractivity contribution in [2.24, 2.45) is 0 Å². The van der Waals surface area contributed by atoms with Crippen molar-refractivity contribution in [3.8, 4) is 0 Å². The molecule has 1 aliphatic rings. The molecule has 0 saturated carbocycles. The van der Waals surface area contributed by atoms with Gasteiger partial charge < -0.3 is 14.4 Å². The lowest BCUT2D eigenvalue weighted by Gasteiger charge is -2.28. The van der Waals surface area contributed by atoms with Gasteiger partial charge in [0.15, 0.2) is 0 Å². The van der Waals surface area contributed by atoms with Gasteiger partial charge in [-0.1, -0.05) is 30.3 Å². The summed E-state index contributed by atoms with van der Waals surface area (Å²) in [6, 6.07) is 9.89.